The summed E-state index contributed by atoms with van der Waals surface area (Å²) in [7, 11) is 0. The molecule has 0 radical (unpaired) electrons. The third-order valence-electron chi connectivity index (χ3n) is 4.60. The van der Waals surface area contributed by atoms with Crippen molar-refractivity contribution in [2.24, 2.45) is 0 Å². The molecule has 5 heteroatoms. The third kappa shape index (κ3) is 4.90. The Hall–Kier alpha value is -1.76. The minimum atomic E-state index is -0.958. The van der Waals surface area contributed by atoms with Crippen LogP contribution in [-0.2, 0) is 27.4 Å². The van der Waals surface area contributed by atoms with Gasteiger partial charge in [-0.15, -0.1) is 0 Å². The fraction of sp³-hybridized carbons (Fsp3) is 0.429. The van der Waals surface area contributed by atoms with E-state index in [1.54, 1.807) is 6.92 Å². The molecule has 2 N–H and O–H groups in total. The van der Waals surface area contributed by atoms with E-state index in [4.69, 9.17) is 14.2 Å². The normalized spacial score (nSPS) is 28.8. The highest BCUT2D eigenvalue weighted by atomic mass is 16.6. The van der Waals surface area contributed by atoms with E-state index in [-0.39, 0.29) is 6.61 Å². The largest absolute Gasteiger partial charge is 0.388 e. The second kappa shape index (κ2) is 9.26. The van der Waals surface area contributed by atoms with Gasteiger partial charge in [-0.2, -0.15) is 0 Å². The first-order valence-electron chi connectivity index (χ1n) is 8.94. The molecule has 1 aliphatic heterocycles. The number of aliphatic hydroxyl groups excluding tert-OH is 2. The number of aliphatic hydroxyl groups is 2. The Morgan fingerprint density at radius 1 is 0.846 bits per heavy atom. The molecule has 1 heterocycles. The molecule has 0 aromatic heterocycles. The van der Waals surface area contributed by atoms with Crippen LogP contribution in [0.1, 0.15) is 18.1 Å². The molecule has 5 nitrogen and oxygen atoms in total. The van der Waals surface area contributed by atoms with Crippen LogP contribution in [0.25, 0.3) is 0 Å². The zero-order valence-electron chi connectivity index (χ0n) is 14.9. The fourth-order valence-electron chi connectivity index (χ4n) is 3.09. The number of benzene rings is 2. The summed E-state index contributed by atoms with van der Waals surface area (Å²) >= 11 is 0. The molecule has 1 saturated heterocycles. The predicted molar refractivity (Wildman–Crippen MR) is 97.5 cm³/mol. The molecule has 26 heavy (non-hydrogen) atoms. The van der Waals surface area contributed by atoms with Crippen molar-refractivity contribution >= 4 is 0 Å². The zero-order chi connectivity index (χ0) is 18.4. The van der Waals surface area contributed by atoms with E-state index in [1.165, 1.54) is 0 Å². The molecule has 2 aromatic carbocycles. The van der Waals surface area contributed by atoms with Crippen LogP contribution < -0.4 is 0 Å². The van der Waals surface area contributed by atoms with Gasteiger partial charge in [-0.1, -0.05) is 60.7 Å². The maximum absolute atomic E-state index is 10.6. The van der Waals surface area contributed by atoms with Crippen LogP contribution in [0.3, 0.4) is 0 Å². The van der Waals surface area contributed by atoms with Crippen molar-refractivity contribution in [3.8, 4) is 0 Å². The van der Waals surface area contributed by atoms with Crippen molar-refractivity contribution in [1.82, 2.24) is 0 Å². The van der Waals surface area contributed by atoms with Gasteiger partial charge >= 0.3 is 0 Å². The molecule has 0 aliphatic carbocycles. The highest BCUT2D eigenvalue weighted by molar-refractivity contribution is 5.14. The van der Waals surface area contributed by atoms with Crippen molar-refractivity contribution in [1.29, 1.82) is 0 Å². The first-order valence-corrected chi connectivity index (χ1v) is 8.94. The van der Waals surface area contributed by atoms with Crippen molar-refractivity contribution in [3.05, 3.63) is 71.8 Å². The average Bonchev–Trinajstić information content (AvgIpc) is 2.67. The van der Waals surface area contributed by atoms with E-state index in [0.717, 1.165) is 11.1 Å². The van der Waals surface area contributed by atoms with Gasteiger partial charge in [0.15, 0.2) is 0 Å². The first kappa shape index (κ1) is 19.0. The molecule has 140 valence electrons. The summed E-state index contributed by atoms with van der Waals surface area (Å²) in [4.78, 5) is 0. The SMILES string of the molecule is CC1OC(COCc2ccccc2)C(O)C(OCc2ccccc2)C1O. The van der Waals surface area contributed by atoms with Crippen molar-refractivity contribution < 1.29 is 24.4 Å². The van der Waals surface area contributed by atoms with E-state index in [0.29, 0.717) is 13.2 Å². The van der Waals surface area contributed by atoms with Crippen molar-refractivity contribution in [3.63, 3.8) is 0 Å². The van der Waals surface area contributed by atoms with Gasteiger partial charge in [-0.05, 0) is 18.1 Å². The number of hydrogen-bond donors (Lipinski definition) is 2. The predicted octanol–water partition coefficient (Wildman–Crippen LogP) is 2.30. The second-order valence-electron chi connectivity index (χ2n) is 6.62. The van der Waals surface area contributed by atoms with Crippen LogP contribution in [0, 0.1) is 0 Å². The number of ether oxygens (including phenoxy) is 3. The lowest BCUT2D eigenvalue weighted by atomic mass is 9.95. The Balaban J connectivity index is 1.55. The highest BCUT2D eigenvalue weighted by Gasteiger charge is 2.43. The van der Waals surface area contributed by atoms with E-state index in [1.807, 2.05) is 60.7 Å². The molecule has 5 unspecified atom stereocenters. The summed E-state index contributed by atoms with van der Waals surface area (Å²) in [6.07, 6.45) is -3.55. The van der Waals surface area contributed by atoms with Crippen LogP contribution in [0.15, 0.2) is 60.7 Å². The summed E-state index contributed by atoms with van der Waals surface area (Å²) in [5.74, 6) is 0. The minimum Gasteiger partial charge on any atom is -0.388 e. The molecule has 1 fully saturated rings. The van der Waals surface area contributed by atoms with Crippen LogP contribution in [0.2, 0.25) is 0 Å². The Morgan fingerprint density at radius 2 is 1.42 bits per heavy atom. The molecular weight excluding hydrogens is 332 g/mol. The Bertz CT molecular complexity index is 648. The van der Waals surface area contributed by atoms with Gasteiger partial charge in [0, 0.05) is 0 Å². The van der Waals surface area contributed by atoms with Gasteiger partial charge in [-0.3, -0.25) is 0 Å². The number of rotatable bonds is 7. The summed E-state index contributed by atoms with van der Waals surface area (Å²) in [5, 5.41) is 21.0. The minimum absolute atomic E-state index is 0.234. The molecule has 0 bridgehead atoms. The molecule has 3 rings (SSSR count). The first-order chi connectivity index (χ1) is 12.6. The zero-order valence-corrected chi connectivity index (χ0v) is 14.9. The monoisotopic (exact) mass is 358 g/mol. The van der Waals surface area contributed by atoms with Crippen LogP contribution in [0.4, 0.5) is 0 Å². The third-order valence-corrected chi connectivity index (χ3v) is 4.60. The summed E-state index contributed by atoms with van der Waals surface area (Å²) in [5.41, 5.74) is 2.05. The quantitative estimate of drug-likeness (QED) is 0.795. The van der Waals surface area contributed by atoms with Gasteiger partial charge in [-0.25, -0.2) is 0 Å². The number of hydrogen-bond acceptors (Lipinski definition) is 5. The summed E-state index contributed by atoms with van der Waals surface area (Å²) in [6, 6.07) is 19.5. The highest BCUT2D eigenvalue weighted by Crippen LogP contribution is 2.25. The molecule has 1 aliphatic rings. The standard InChI is InChI=1S/C21H26O5/c1-15-19(22)21(25-13-17-10-6-3-7-11-17)20(23)18(26-15)14-24-12-16-8-4-2-5-9-16/h2-11,15,18-23H,12-14H2,1H3. The van der Waals surface area contributed by atoms with Crippen LogP contribution in [-0.4, -0.2) is 47.3 Å². The maximum Gasteiger partial charge on any atom is 0.115 e. The lowest BCUT2D eigenvalue weighted by Gasteiger charge is -2.41. The Morgan fingerprint density at radius 3 is 2.04 bits per heavy atom. The van der Waals surface area contributed by atoms with Gasteiger partial charge in [0.1, 0.15) is 24.4 Å². The smallest absolute Gasteiger partial charge is 0.115 e. The average molecular weight is 358 g/mol. The second-order valence-corrected chi connectivity index (χ2v) is 6.62. The van der Waals surface area contributed by atoms with Gasteiger partial charge in [0.25, 0.3) is 0 Å². The summed E-state index contributed by atoms with van der Waals surface area (Å²) in [6.45, 7) is 2.78. The lowest BCUT2D eigenvalue weighted by molar-refractivity contribution is -0.243. The van der Waals surface area contributed by atoms with E-state index in [9.17, 15) is 10.2 Å². The Kier molecular flexibility index (Phi) is 6.77. The van der Waals surface area contributed by atoms with Gasteiger partial charge in [0.2, 0.25) is 0 Å². The van der Waals surface area contributed by atoms with Crippen molar-refractivity contribution in [2.75, 3.05) is 6.61 Å². The summed E-state index contributed by atoms with van der Waals surface area (Å²) < 4.78 is 17.3. The maximum atomic E-state index is 10.6. The topological polar surface area (TPSA) is 68.2 Å². The van der Waals surface area contributed by atoms with Crippen LogP contribution in [0.5, 0.6) is 0 Å². The van der Waals surface area contributed by atoms with E-state index < -0.39 is 30.5 Å². The molecule has 2 aromatic rings. The van der Waals surface area contributed by atoms with E-state index in [2.05, 4.69) is 0 Å². The molecule has 0 amide bonds. The Labute approximate surface area is 154 Å². The lowest BCUT2D eigenvalue weighted by Crippen LogP contribution is -2.58. The van der Waals surface area contributed by atoms with Crippen LogP contribution >= 0.6 is 0 Å². The van der Waals surface area contributed by atoms with Gasteiger partial charge < -0.3 is 24.4 Å². The van der Waals surface area contributed by atoms with Gasteiger partial charge in [0.05, 0.1) is 25.9 Å². The molecule has 0 saturated carbocycles. The molecule has 5 atom stereocenters. The fourth-order valence-corrected chi connectivity index (χ4v) is 3.09. The van der Waals surface area contributed by atoms with E-state index >= 15 is 0 Å². The molecule has 0 spiro atoms. The molecular formula is C21H26O5. The van der Waals surface area contributed by atoms with Crippen molar-refractivity contribution in [2.45, 2.75) is 50.7 Å².